The number of allylic oxidation sites excluding steroid dienone is 1. The monoisotopic (exact) mass is 282 g/mol. The second-order valence-corrected chi connectivity index (χ2v) is 8.13. The van der Waals surface area contributed by atoms with E-state index in [1.165, 1.54) is 37.6 Å². The molecule has 0 aliphatic heterocycles. The van der Waals surface area contributed by atoms with Crippen LogP contribution >= 0.6 is 11.3 Å². The summed E-state index contributed by atoms with van der Waals surface area (Å²) in [7, 11) is 0. The van der Waals surface area contributed by atoms with Gasteiger partial charge < -0.3 is 0 Å². The SMILES string of the molecule is CC1=Cc2sc(C)c(-c3ccc(C(C)(C)C)cc3)c2C1. The third-order valence-electron chi connectivity index (χ3n) is 4.09. The van der Waals surface area contributed by atoms with Gasteiger partial charge in [-0.2, -0.15) is 0 Å². The molecule has 1 heterocycles. The van der Waals surface area contributed by atoms with Gasteiger partial charge in [-0.05, 0) is 54.0 Å². The van der Waals surface area contributed by atoms with E-state index >= 15 is 0 Å². The molecule has 0 radical (unpaired) electrons. The third kappa shape index (κ3) is 2.25. The highest BCUT2D eigenvalue weighted by Gasteiger charge is 2.21. The zero-order valence-electron chi connectivity index (χ0n) is 13.0. The van der Waals surface area contributed by atoms with Gasteiger partial charge in [0.25, 0.3) is 0 Å². The largest absolute Gasteiger partial charge is 0.140 e. The fourth-order valence-corrected chi connectivity index (χ4v) is 4.20. The van der Waals surface area contributed by atoms with Crippen LogP contribution in [0.5, 0.6) is 0 Å². The molecule has 3 rings (SSSR count). The van der Waals surface area contributed by atoms with Crippen LogP contribution in [0.4, 0.5) is 0 Å². The fourth-order valence-electron chi connectivity index (χ4n) is 2.97. The average molecular weight is 282 g/mol. The van der Waals surface area contributed by atoms with E-state index in [9.17, 15) is 0 Å². The number of benzene rings is 1. The van der Waals surface area contributed by atoms with E-state index in [1.54, 1.807) is 0 Å². The molecule has 20 heavy (non-hydrogen) atoms. The predicted octanol–water partition coefficient (Wildman–Crippen LogP) is 5.98. The minimum Gasteiger partial charge on any atom is -0.140 e. The molecule has 2 aromatic rings. The summed E-state index contributed by atoms with van der Waals surface area (Å²) >= 11 is 1.94. The highest BCUT2D eigenvalue weighted by atomic mass is 32.1. The lowest BCUT2D eigenvalue weighted by Crippen LogP contribution is -2.10. The van der Waals surface area contributed by atoms with Gasteiger partial charge in [-0.25, -0.2) is 0 Å². The van der Waals surface area contributed by atoms with Crippen molar-refractivity contribution >= 4 is 17.4 Å². The average Bonchev–Trinajstić information content (AvgIpc) is 2.82. The van der Waals surface area contributed by atoms with E-state index < -0.39 is 0 Å². The standard InChI is InChI=1S/C19H22S/c1-12-10-16-17(11-12)20-13(2)18(16)14-6-8-15(9-7-14)19(3,4)5/h6-9,11H,10H2,1-5H3. The van der Waals surface area contributed by atoms with E-state index in [4.69, 9.17) is 0 Å². The van der Waals surface area contributed by atoms with E-state index in [1.807, 2.05) is 11.3 Å². The molecule has 0 unspecified atom stereocenters. The molecule has 0 saturated heterocycles. The summed E-state index contributed by atoms with van der Waals surface area (Å²) in [5.74, 6) is 0. The lowest BCUT2D eigenvalue weighted by Gasteiger charge is -2.19. The summed E-state index contributed by atoms with van der Waals surface area (Å²) in [5, 5.41) is 0. The van der Waals surface area contributed by atoms with Crippen LogP contribution in [0.3, 0.4) is 0 Å². The van der Waals surface area contributed by atoms with Crippen molar-refractivity contribution in [3.05, 3.63) is 50.7 Å². The first-order valence-corrected chi connectivity index (χ1v) is 8.08. The molecular formula is C19H22S. The van der Waals surface area contributed by atoms with Crippen LogP contribution < -0.4 is 0 Å². The number of aryl methyl sites for hydroxylation is 1. The summed E-state index contributed by atoms with van der Waals surface area (Å²) < 4.78 is 0. The van der Waals surface area contributed by atoms with E-state index in [0.717, 1.165) is 6.42 Å². The number of thiophene rings is 1. The molecule has 1 aliphatic carbocycles. The maximum absolute atomic E-state index is 2.35. The molecule has 1 aromatic carbocycles. The van der Waals surface area contributed by atoms with Crippen LogP contribution in [-0.2, 0) is 11.8 Å². The van der Waals surface area contributed by atoms with Crippen molar-refractivity contribution in [1.29, 1.82) is 0 Å². The number of hydrogen-bond acceptors (Lipinski definition) is 1. The molecule has 1 aliphatic rings. The van der Waals surface area contributed by atoms with Gasteiger partial charge in [0.2, 0.25) is 0 Å². The van der Waals surface area contributed by atoms with Crippen LogP contribution in [0, 0.1) is 6.92 Å². The second-order valence-electron chi connectivity index (χ2n) is 6.87. The number of hydrogen-bond donors (Lipinski definition) is 0. The van der Waals surface area contributed by atoms with Gasteiger partial charge in [0.05, 0.1) is 0 Å². The van der Waals surface area contributed by atoms with Crippen molar-refractivity contribution in [2.45, 2.75) is 46.5 Å². The summed E-state index contributed by atoms with van der Waals surface area (Å²) in [6, 6.07) is 9.16. The maximum atomic E-state index is 2.35. The maximum Gasteiger partial charge on any atom is 0.0314 e. The zero-order chi connectivity index (χ0) is 14.5. The molecule has 1 heteroatoms. The van der Waals surface area contributed by atoms with Crippen molar-refractivity contribution in [3.8, 4) is 11.1 Å². The Morgan fingerprint density at radius 2 is 1.65 bits per heavy atom. The van der Waals surface area contributed by atoms with Gasteiger partial charge >= 0.3 is 0 Å². The lowest BCUT2D eigenvalue weighted by atomic mass is 9.86. The van der Waals surface area contributed by atoms with Gasteiger partial charge in [-0.1, -0.05) is 50.6 Å². The molecule has 1 aromatic heterocycles. The molecule has 0 spiro atoms. The second kappa shape index (κ2) is 4.60. The molecular weight excluding hydrogens is 260 g/mol. The topological polar surface area (TPSA) is 0 Å². The van der Waals surface area contributed by atoms with E-state index in [-0.39, 0.29) is 5.41 Å². The van der Waals surface area contributed by atoms with Gasteiger partial charge in [-0.15, -0.1) is 11.3 Å². The van der Waals surface area contributed by atoms with Crippen molar-refractivity contribution in [2.75, 3.05) is 0 Å². The van der Waals surface area contributed by atoms with Gasteiger partial charge in [0.15, 0.2) is 0 Å². The quantitative estimate of drug-likeness (QED) is 0.603. The summed E-state index contributed by atoms with van der Waals surface area (Å²) in [4.78, 5) is 2.91. The van der Waals surface area contributed by atoms with Crippen LogP contribution in [0.25, 0.3) is 17.2 Å². The minimum atomic E-state index is 0.225. The van der Waals surface area contributed by atoms with E-state index in [0.29, 0.717) is 0 Å². The molecule has 104 valence electrons. The Bertz CT molecular complexity index is 676. The smallest absolute Gasteiger partial charge is 0.0314 e. The lowest BCUT2D eigenvalue weighted by molar-refractivity contribution is 0.590. The predicted molar refractivity (Wildman–Crippen MR) is 90.5 cm³/mol. The first kappa shape index (κ1) is 13.6. The highest BCUT2D eigenvalue weighted by molar-refractivity contribution is 7.13. The minimum absolute atomic E-state index is 0.225. The Labute approximate surface area is 126 Å². The van der Waals surface area contributed by atoms with Gasteiger partial charge in [-0.3, -0.25) is 0 Å². The normalized spacial score (nSPS) is 14.3. The molecule has 0 atom stereocenters. The Hall–Kier alpha value is -1.34. The summed E-state index contributed by atoms with van der Waals surface area (Å²) in [6.07, 6.45) is 3.47. The van der Waals surface area contributed by atoms with Crippen LogP contribution in [0.2, 0.25) is 0 Å². The van der Waals surface area contributed by atoms with Crippen molar-refractivity contribution in [2.24, 2.45) is 0 Å². The van der Waals surface area contributed by atoms with Gasteiger partial charge in [0, 0.05) is 9.75 Å². The molecule has 0 N–H and O–H groups in total. The summed E-state index contributed by atoms with van der Waals surface area (Å²) in [6.45, 7) is 11.3. The molecule has 0 saturated carbocycles. The van der Waals surface area contributed by atoms with Crippen LogP contribution in [0.15, 0.2) is 29.8 Å². The third-order valence-corrected chi connectivity index (χ3v) is 5.18. The van der Waals surface area contributed by atoms with E-state index in [2.05, 4.69) is 65.0 Å². The fraction of sp³-hybridized carbons (Fsp3) is 0.368. The van der Waals surface area contributed by atoms with Crippen molar-refractivity contribution < 1.29 is 0 Å². The van der Waals surface area contributed by atoms with Crippen molar-refractivity contribution in [3.63, 3.8) is 0 Å². The van der Waals surface area contributed by atoms with Crippen molar-refractivity contribution in [1.82, 2.24) is 0 Å². The molecule has 0 amide bonds. The molecule has 0 fully saturated rings. The van der Waals surface area contributed by atoms with Crippen LogP contribution in [-0.4, -0.2) is 0 Å². The Morgan fingerprint density at radius 3 is 2.25 bits per heavy atom. The van der Waals surface area contributed by atoms with Gasteiger partial charge in [0.1, 0.15) is 0 Å². The number of fused-ring (bicyclic) bond motifs is 1. The molecule has 0 nitrogen and oxygen atoms in total. The summed E-state index contributed by atoms with van der Waals surface area (Å²) in [5.41, 5.74) is 7.49. The Morgan fingerprint density at radius 1 is 1.00 bits per heavy atom. The molecule has 0 bridgehead atoms. The van der Waals surface area contributed by atoms with Crippen LogP contribution in [0.1, 0.15) is 48.6 Å². The Balaban J connectivity index is 2.04. The zero-order valence-corrected chi connectivity index (χ0v) is 13.8. The Kier molecular flexibility index (Phi) is 3.13. The first-order chi connectivity index (χ1) is 9.36. The number of rotatable bonds is 1. The highest BCUT2D eigenvalue weighted by Crippen LogP contribution is 2.42. The first-order valence-electron chi connectivity index (χ1n) is 7.26.